The van der Waals surface area contributed by atoms with Gasteiger partial charge < -0.3 is 35.8 Å². The minimum absolute atomic E-state index is 0.0417. The summed E-state index contributed by atoms with van der Waals surface area (Å²) in [6, 6.07) is 29.9. The molecule has 4 aromatic carbocycles. The van der Waals surface area contributed by atoms with Crippen molar-refractivity contribution in [3.8, 4) is 17.2 Å². The Morgan fingerprint density at radius 3 is 2.30 bits per heavy atom. The second-order valence-electron chi connectivity index (χ2n) is 14.2. The standard InChI is InChI=1S/C43H53N5O6/c1-30-26-48(31(2)29-49)43(52)25-33-24-34(45-41(50)16-8-5-9-17-42(51)46-38-15-11-10-14-37(38)44)20-23-39(33)54-40(30)28-47(3)27-32-18-21-36(22-19-32)53-35-12-6-4-7-13-35/h4,6-7,10-15,18-24,30-31,40,49H,5,8-9,16-17,25-29,44H2,1-3H3,(H,45,50)(H,46,51)/t30-,31-,40-/m1/s1. The molecule has 4 aromatic rings. The van der Waals surface area contributed by atoms with Crippen molar-refractivity contribution in [3.63, 3.8) is 0 Å². The van der Waals surface area contributed by atoms with Crippen LogP contribution in [-0.4, -0.2) is 71.5 Å². The van der Waals surface area contributed by atoms with Gasteiger partial charge in [0.05, 0.1) is 30.4 Å². The molecule has 0 aliphatic carbocycles. The lowest BCUT2D eigenvalue weighted by molar-refractivity contribution is -0.134. The lowest BCUT2D eigenvalue weighted by Gasteiger charge is -2.34. The number of anilines is 3. The Morgan fingerprint density at radius 2 is 1.59 bits per heavy atom. The van der Waals surface area contributed by atoms with E-state index in [0.717, 1.165) is 23.5 Å². The summed E-state index contributed by atoms with van der Waals surface area (Å²) in [4.78, 5) is 42.8. The Hall–Kier alpha value is -5.39. The largest absolute Gasteiger partial charge is 0.488 e. The fourth-order valence-corrected chi connectivity index (χ4v) is 6.49. The molecule has 0 radical (unpaired) electrons. The number of aliphatic hydroxyl groups is 1. The van der Waals surface area contributed by atoms with Crippen LogP contribution in [0.15, 0.2) is 97.1 Å². The van der Waals surface area contributed by atoms with Gasteiger partial charge in [0.1, 0.15) is 23.4 Å². The first-order valence-corrected chi connectivity index (χ1v) is 18.7. The van der Waals surface area contributed by atoms with E-state index in [2.05, 4.69) is 34.6 Å². The first kappa shape index (κ1) is 39.8. The van der Waals surface area contributed by atoms with Gasteiger partial charge in [0.2, 0.25) is 17.7 Å². The highest BCUT2D eigenvalue weighted by molar-refractivity contribution is 5.94. The number of rotatable bonds is 16. The molecule has 0 saturated carbocycles. The number of unbranched alkanes of at least 4 members (excludes halogenated alkanes) is 2. The van der Waals surface area contributed by atoms with Gasteiger partial charge in [0.25, 0.3) is 0 Å². The number of hydrogen-bond acceptors (Lipinski definition) is 8. The van der Waals surface area contributed by atoms with E-state index in [1.165, 1.54) is 0 Å². The molecule has 1 aliphatic rings. The highest BCUT2D eigenvalue weighted by Gasteiger charge is 2.31. The summed E-state index contributed by atoms with van der Waals surface area (Å²) < 4.78 is 12.6. The van der Waals surface area contributed by atoms with Crippen molar-refractivity contribution >= 4 is 34.8 Å². The minimum Gasteiger partial charge on any atom is -0.488 e. The molecule has 11 nitrogen and oxygen atoms in total. The number of aliphatic hydroxyl groups excluding tert-OH is 1. The summed E-state index contributed by atoms with van der Waals surface area (Å²) in [5.41, 5.74) is 9.40. The molecule has 0 unspecified atom stereocenters. The molecule has 286 valence electrons. The van der Waals surface area contributed by atoms with Crippen LogP contribution in [0, 0.1) is 5.92 Å². The molecular formula is C43H53N5O6. The van der Waals surface area contributed by atoms with E-state index in [1.54, 1.807) is 23.1 Å². The number of fused-ring (bicyclic) bond motifs is 1. The predicted molar refractivity (Wildman–Crippen MR) is 212 cm³/mol. The highest BCUT2D eigenvalue weighted by Crippen LogP contribution is 2.30. The van der Waals surface area contributed by atoms with Crippen molar-refractivity contribution in [1.82, 2.24) is 9.80 Å². The third-order valence-corrected chi connectivity index (χ3v) is 9.59. The SMILES string of the molecule is C[C@@H]1CN([C@H](C)CO)C(=O)Cc2cc(NC(=O)CCCCCC(=O)Nc3ccccc3N)ccc2O[C@@H]1CN(C)Cc1ccc(Oc2ccccc2)cc1. The van der Waals surface area contributed by atoms with E-state index in [9.17, 15) is 19.5 Å². The lowest BCUT2D eigenvalue weighted by atomic mass is 10.0. The minimum atomic E-state index is -0.359. The number of nitrogens with one attached hydrogen (secondary N) is 2. The molecule has 0 bridgehead atoms. The molecule has 0 aromatic heterocycles. The van der Waals surface area contributed by atoms with E-state index in [4.69, 9.17) is 15.2 Å². The summed E-state index contributed by atoms with van der Waals surface area (Å²) in [5.74, 6) is 1.75. The van der Waals surface area contributed by atoms with E-state index < -0.39 is 0 Å². The smallest absolute Gasteiger partial charge is 0.227 e. The molecule has 54 heavy (non-hydrogen) atoms. The maximum atomic E-state index is 13.7. The Labute approximate surface area is 318 Å². The molecule has 1 heterocycles. The topological polar surface area (TPSA) is 146 Å². The van der Waals surface area contributed by atoms with Crippen molar-refractivity contribution < 1.29 is 29.0 Å². The average Bonchev–Trinajstić information content (AvgIpc) is 3.20. The van der Waals surface area contributed by atoms with Crippen LogP contribution in [0.25, 0.3) is 0 Å². The van der Waals surface area contributed by atoms with Crippen molar-refractivity contribution in [2.75, 3.05) is 43.1 Å². The predicted octanol–water partition coefficient (Wildman–Crippen LogP) is 6.87. The number of benzene rings is 4. The Balaban J connectivity index is 1.18. The molecule has 0 fully saturated rings. The summed E-state index contributed by atoms with van der Waals surface area (Å²) >= 11 is 0. The van der Waals surface area contributed by atoms with Crippen molar-refractivity contribution in [2.24, 2.45) is 5.92 Å². The van der Waals surface area contributed by atoms with Gasteiger partial charge >= 0.3 is 0 Å². The molecule has 1 aliphatic heterocycles. The highest BCUT2D eigenvalue weighted by atomic mass is 16.5. The van der Waals surface area contributed by atoms with Gasteiger partial charge in [0.15, 0.2) is 0 Å². The number of nitrogen functional groups attached to an aromatic ring is 1. The van der Waals surface area contributed by atoms with Crippen LogP contribution in [0.4, 0.5) is 17.1 Å². The van der Waals surface area contributed by atoms with Crippen LogP contribution >= 0.6 is 0 Å². The molecular weight excluding hydrogens is 683 g/mol. The molecule has 5 N–H and O–H groups in total. The Morgan fingerprint density at radius 1 is 0.926 bits per heavy atom. The van der Waals surface area contributed by atoms with Crippen LogP contribution in [0.3, 0.4) is 0 Å². The zero-order valence-corrected chi connectivity index (χ0v) is 31.5. The fraction of sp³-hybridized carbons (Fsp3) is 0.372. The lowest BCUT2D eigenvalue weighted by Crippen LogP contribution is -2.47. The quantitative estimate of drug-likeness (QED) is 0.0721. The molecule has 3 amide bonds. The number of carbonyl (C=O) groups excluding carboxylic acids is 3. The van der Waals surface area contributed by atoms with Crippen molar-refractivity contribution in [1.29, 1.82) is 0 Å². The number of nitrogens with two attached hydrogens (primary N) is 1. The summed E-state index contributed by atoms with van der Waals surface area (Å²) in [6.07, 6.45) is 2.46. The zero-order chi connectivity index (χ0) is 38.5. The van der Waals surface area contributed by atoms with E-state index in [-0.39, 0.29) is 48.8 Å². The summed E-state index contributed by atoms with van der Waals surface area (Å²) in [6.45, 7) is 5.48. The molecule has 3 atom stereocenters. The average molecular weight is 736 g/mol. The van der Waals surface area contributed by atoms with Gasteiger partial charge in [-0.1, -0.05) is 55.8 Å². The number of hydrogen-bond donors (Lipinski definition) is 4. The van der Waals surface area contributed by atoms with E-state index >= 15 is 0 Å². The molecule has 0 spiro atoms. The number of amides is 3. The Kier molecular flexibility index (Phi) is 14.5. The molecule has 11 heteroatoms. The molecule has 0 saturated heterocycles. The maximum Gasteiger partial charge on any atom is 0.227 e. The Bertz CT molecular complexity index is 1840. The zero-order valence-electron chi connectivity index (χ0n) is 31.5. The number of para-hydroxylation sites is 3. The first-order valence-electron chi connectivity index (χ1n) is 18.7. The van der Waals surface area contributed by atoms with Gasteiger partial charge in [-0.3, -0.25) is 19.3 Å². The van der Waals surface area contributed by atoms with E-state index in [0.29, 0.717) is 73.7 Å². The summed E-state index contributed by atoms with van der Waals surface area (Å²) in [7, 11) is 2.05. The van der Waals surface area contributed by atoms with Gasteiger partial charge in [-0.05, 0) is 87.0 Å². The van der Waals surface area contributed by atoms with Crippen LogP contribution in [0.5, 0.6) is 17.2 Å². The third-order valence-electron chi connectivity index (χ3n) is 9.59. The summed E-state index contributed by atoms with van der Waals surface area (Å²) in [5, 5.41) is 15.8. The van der Waals surface area contributed by atoms with Crippen LogP contribution in [0.1, 0.15) is 57.1 Å². The maximum absolute atomic E-state index is 13.7. The van der Waals surface area contributed by atoms with Crippen molar-refractivity contribution in [3.05, 3.63) is 108 Å². The number of ether oxygens (including phenoxy) is 2. The fourth-order valence-electron chi connectivity index (χ4n) is 6.49. The van der Waals surface area contributed by atoms with Crippen LogP contribution in [0.2, 0.25) is 0 Å². The first-order chi connectivity index (χ1) is 26.1. The molecule has 5 rings (SSSR count). The monoisotopic (exact) mass is 735 g/mol. The van der Waals surface area contributed by atoms with Gasteiger partial charge in [0, 0.05) is 49.6 Å². The van der Waals surface area contributed by atoms with Gasteiger partial charge in [-0.25, -0.2) is 0 Å². The number of likely N-dealkylation sites (N-methyl/N-ethyl adjacent to an activating group) is 1. The van der Waals surface area contributed by atoms with E-state index in [1.807, 2.05) is 80.7 Å². The van der Waals surface area contributed by atoms with Crippen LogP contribution < -0.4 is 25.8 Å². The van der Waals surface area contributed by atoms with Gasteiger partial charge in [-0.15, -0.1) is 0 Å². The van der Waals surface area contributed by atoms with Crippen molar-refractivity contribution in [2.45, 2.75) is 71.1 Å². The number of carbonyl (C=O) groups is 3. The second-order valence-corrected chi connectivity index (χ2v) is 14.2. The normalized spacial score (nSPS) is 16.3. The van der Waals surface area contributed by atoms with Gasteiger partial charge in [-0.2, -0.15) is 0 Å². The second kappa shape index (κ2) is 19.6. The van der Waals surface area contributed by atoms with Crippen LogP contribution in [-0.2, 0) is 27.3 Å². The third kappa shape index (κ3) is 11.8. The number of nitrogens with zero attached hydrogens (tertiary/aromatic N) is 2.